The van der Waals surface area contributed by atoms with E-state index in [1.54, 1.807) is 12.1 Å². The van der Waals surface area contributed by atoms with E-state index >= 15 is 0 Å². The van der Waals surface area contributed by atoms with Gasteiger partial charge in [-0.2, -0.15) is 13.2 Å². The third kappa shape index (κ3) is 5.24. The van der Waals surface area contributed by atoms with Crippen LogP contribution in [0.3, 0.4) is 0 Å². The van der Waals surface area contributed by atoms with Crippen LogP contribution in [0.25, 0.3) is 0 Å². The van der Waals surface area contributed by atoms with Crippen LogP contribution >= 0.6 is 11.3 Å². The molecule has 10 heteroatoms. The molecule has 0 radical (unpaired) electrons. The molecule has 1 atom stereocenters. The molecule has 0 bridgehead atoms. The highest BCUT2D eigenvalue weighted by Gasteiger charge is 2.58. The zero-order chi connectivity index (χ0) is 21.1. The number of carbonyl (C=O) groups is 1. The molecule has 29 heavy (non-hydrogen) atoms. The molecule has 1 amide bonds. The van der Waals surface area contributed by atoms with Crippen molar-refractivity contribution >= 4 is 17.2 Å². The number of hydrogen-bond donors (Lipinski definition) is 2. The number of amides is 1. The second kappa shape index (κ2) is 8.66. The third-order valence-electron chi connectivity index (χ3n) is 4.74. The zero-order valence-electron chi connectivity index (χ0n) is 15.8. The van der Waals surface area contributed by atoms with E-state index < -0.39 is 29.1 Å². The lowest BCUT2D eigenvalue weighted by atomic mass is 9.99. The summed E-state index contributed by atoms with van der Waals surface area (Å²) in [5, 5.41) is 13.4. The predicted octanol–water partition coefficient (Wildman–Crippen LogP) is 3.62. The molecular formula is C19H22F3N3O3S. The fourth-order valence-electron chi connectivity index (χ4n) is 3.10. The molecule has 2 N–H and O–H groups in total. The van der Waals surface area contributed by atoms with Gasteiger partial charge in [0, 0.05) is 29.9 Å². The molecule has 1 aliphatic carbocycles. The first kappa shape index (κ1) is 21.5. The first-order valence-electron chi connectivity index (χ1n) is 9.27. The van der Waals surface area contributed by atoms with Gasteiger partial charge in [0.05, 0.1) is 6.42 Å². The molecule has 1 fully saturated rings. The third-order valence-corrected chi connectivity index (χ3v) is 5.85. The molecule has 0 aliphatic heterocycles. The fourth-order valence-corrected chi connectivity index (χ4v) is 4.01. The summed E-state index contributed by atoms with van der Waals surface area (Å²) in [5.74, 6) is -0.457. The number of aromatic nitrogens is 2. The second-order valence-corrected chi connectivity index (χ2v) is 7.99. The molecule has 2 heterocycles. The van der Waals surface area contributed by atoms with Gasteiger partial charge >= 0.3 is 6.18 Å². The fraction of sp³-hybridized carbons (Fsp3) is 0.526. The van der Waals surface area contributed by atoms with Gasteiger partial charge in [0.15, 0.2) is 0 Å². The first-order valence-corrected chi connectivity index (χ1v) is 10.2. The minimum Gasteiger partial charge on any atom is -0.474 e. The summed E-state index contributed by atoms with van der Waals surface area (Å²) in [6.07, 6.45) is -0.248. The summed E-state index contributed by atoms with van der Waals surface area (Å²) in [5.41, 5.74) is -2.37. The Bertz CT molecular complexity index is 835. The molecule has 1 unspecified atom stereocenters. The van der Waals surface area contributed by atoms with Crippen molar-refractivity contribution in [2.45, 2.75) is 63.5 Å². The minimum atomic E-state index is -5.03. The van der Waals surface area contributed by atoms with Gasteiger partial charge in [-0.1, -0.05) is 6.07 Å². The molecule has 1 aliphatic rings. The van der Waals surface area contributed by atoms with E-state index in [1.807, 2.05) is 0 Å². The van der Waals surface area contributed by atoms with Crippen LogP contribution in [0.4, 0.5) is 13.2 Å². The molecule has 3 rings (SSSR count). The summed E-state index contributed by atoms with van der Waals surface area (Å²) in [7, 11) is 0. The molecular weight excluding hydrogens is 407 g/mol. The van der Waals surface area contributed by atoms with Gasteiger partial charge in [0.1, 0.15) is 11.1 Å². The molecule has 2 aromatic rings. The largest absolute Gasteiger partial charge is 0.474 e. The smallest absolute Gasteiger partial charge is 0.424 e. The maximum Gasteiger partial charge on any atom is 0.424 e. The van der Waals surface area contributed by atoms with E-state index in [-0.39, 0.29) is 12.6 Å². The molecule has 0 spiro atoms. The Morgan fingerprint density at radius 2 is 2.07 bits per heavy atom. The Labute approximate surface area is 170 Å². The number of aliphatic hydroxyl groups is 1. The van der Waals surface area contributed by atoms with Gasteiger partial charge in [-0.25, -0.2) is 9.97 Å². The van der Waals surface area contributed by atoms with Crippen molar-refractivity contribution < 1.29 is 27.8 Å². The van der Waals surface area contributed by atoms with Crippen LogP contribution in [0.5, 0.6) is 5.88 Å². The normalized spacial score (nSPS) is 17.1. The number of thiazole rings is 1. The highest BCUT2D eigenvalue weighted by Crippen LogP contribution is 2.42. The van der Waals surface area contributed by atoms with Crippen LogP contribution in [0, 0.1) is 6.92 Å². The van der Waals surface area contributed by atoms with E-state index in [4.69, 9.17) is 4.74 Å². The number of pyridine rings is 1. The van der Waals surface area contributed by atoms with Crippen LogP contribution in [0.2, 0.25) is 0 Å². The molecule has 0 saturated heterocycles. The monoisotopic (exact) mass is 429 g/mol. The van der Waals surface area contributed by atoms with Crippen LogP contribution in [-0.4, -0.2) is 33.3 Å². The van der Waals surface area contributed by atoms with Crippen molar-refractivity contribution in [1.29, 1.82) is 0 Å². The van der Waals surface area contributed by atoms with Gasteiger partial charge in [0.25, 0.3) is 0 Å². The Morgan fingerprint density at radius 3 is 2.62 bits per heavy atom. The number of halogens is 3. The van der Waals surface area contributed by atoms with E-state index in [9.17, 15) is 23.1 Å². The molecule has 1 saturated carbocycles. The second-order valence-electron chi connectivity index (χ2n) is 7.13. The first-order chi connectivity index (χ1) is 13.7. The van der Waals surface area contributed by atoms with Gasteiger partial charge < -0.3 is 15.2 Å². The lowest BCUT2D eigenvalue weighted by Crippen LogP contribution is -2.46. The van der Waals surface area contributed by atoms with Crippen molar-refractivity contribution in [3.63, 3.8) is 0 Å². The van der Waals surface area contributed by atoms with Crippen LogP contribution in [0.15, 0.2) is 23.7 Å². The summed E-state index contributed by atoms with van der Waals surface area (Å²) < 4.78 is 46.1. The van der Waals surface area contributed by atoms with Gasteiger partial charge in [0.2, 0.25) is 17.4 Å². The number of rotatable bonds is 7. The van der Waals surface area contributed by atoms with Crippen molar-refractivity contribution in [1.82, 2.24) is 15.3 Å². The van der Waals surface area contributed by atoms with Crippen LogP contribution in [-0.2, 0) is 16.9 Å². The minimum absolute atomic E-state index is 0.0135. The summed E-state index contributed by atoms with van der Waals surface area (Å²) >= 11 is 0.669. The number of alkyl halides is 3. The maximum absolute atomic E-state index is 13.4. The lowest BCUT2D eigenvalue weighted by molar-refractivity contribution is -0.267. The Kier molecular flexibility index (Phi) is 6.42. The molecule has 0 aromatic carbocycles. The number of nitrogens with zero attached hydrogens (tertiary/aromatic N) is 2. The number of hydrogen-bond acceptors (Lipinski definition) is 6. The Hall–Kier alpha value is -2.20. The highest BCUT2D eigenvalue weighted by atomic mass is 32.1. The number of carbonyl (C=O) groups excluding carboxylic acids is 1. The van der Waals surface area contributed by atoms with E-state index in [0.29, 0.717) is 28.5 Å². The molecule has 6 nitrogen and oxygen atoms in total. The van der Waals surface area contributed by atoms with Crippen LogP contribution < -0.4 is 10.1 Å². The van der Waals surface area contributed by atoms with Crippen molar-refractivity contribution in [2.75, 3.05) is 0 Å². The average molecular weight is 429 g/mol. The molecule has 158 valence electrons. The Balaban J connectivity index is 1.58. The quantitative estimate of drug-likeness (QED) is 0.702. The lowest BCUT2D eigenvalue weighted by Gasteiger charge is -2.27. The van der Waals surface area contributed by atoms with E-state index in [0.717, 1.165) is 25.7 Å². The van der Waals surface area contributed by atoms with Crippen molar-refractivity contribution in [2.24, 2.45) is 0 Å². The van der Waals surface area contributed by atoms with Crippen molar-refractivity contribution in [3.8, 4) is 5.88 Å². The Morgan fingerprint density at radius 1 is 1.34 bits per heavy atom. The van der Waals surface area contributed by atoms with Crippen LogP contribution in [0.1, 0.15) is 48.4 Å². The standard InChI is InChI=1S/C19H22F3N3O3S/c1-12-11-29-17(25-12)18(27,19(20,21)22)8-15(26)23-9-13-6-7-16(24-10-13)28-14-4-2-3-5-14/h6-7,10-11,14,27H,2-5,8-9H2,1H3,(H,23,26). The maximum atomic E-state index is 13.4. The molecule has 2 aromatic heterocycles. The van der Waals surface area contributed by atoms with Crippen molar-refractivity contribution in [3.05, 3.63) is 40.0 Å². The average Bonchev–Trinajstić information content (AvgIpc) is 3.32. The van der Waals surface area contributed by atoms with Gasteiger partial charge in [-0.3, -0.25) is 4.79 Å². The summed E-state index contributed by atoms with van der Waals surface area (Å²) in [6.45, 7) is 1.50. The van der Waals surface area contributed by atoms with Gasteiger partial charge in [-0.15, -0.1) is 11.3 Å². The summed E-state index contributed by atoms with van der Waals surface area (Å²) in [6, 6.07) is 3.36. The highest BCUT2D eigenvalue weighted by molar-refractivity contribution is 7.09. The van der Waals surface area contributed by atoms with Gasteiger partial charge in [-0.05, 0) is 38.2 Å². The zero-order valence-corrected chi connectivity index (χ0v) is 16.6. The number of aryl methyl sites for hydroxylation is 1. The number of ether oxygens (including phenoxy) is 1. The van der Waals surface area contributed by atoms with E-state index in [2.05, 4.69) is 15.3 Å². The van der Waals surface area contributed by atoms with E-state index in [1.165, 1.54) is 18.5 Å². The number of nitrogens with one attached hydrogen (secondary N) is 1. The predicted molar refractivity (Wildman–Crippen MR) is 100 cm³/mol. The SMILES string of the molecule is Cc1csc(C(O)(CC(=O)NCc2ccc(OC3CCCC3)nc2)C(F)(F)F)n1. The summed E-state index contributed by atoms with van der Waals surface area (Å²) in [4.78, 5) is 20.0. The topological polar surface area (TPSA) is 84.3 Å².